The number of thiazole rings is 1. The van der Waals surface area contributed by atoms with Crippen LogP contribution in [0.2, 0.25) is 0 Å². The summed E-state index contributed by atoms with van der Waals surface area (Å²) in [4.78, 5) is 5.24. The lowest BCUT2D eigenvalue weighted by atomic mass is 10.4. The molecule has 0 spiro atoms. The van der Waals surface area contributed by atoms with Crippen LogP contribution in [0, 0.1) is 0 Å². The third-order valence-electron chi connectivity index (χ3n) is 0.940. The lowest BCUT2D eigenvalue weighted by Crippen LogP contribution is -1.71. The Bertz CT molecular complexity index is 171. The Balaban J connectivity index is 2.92. The van der Waals surface area contributed by atoms with Gasteiger partial charge in [0.2, 0.25) is 0 Å². The fourth-order valence-electron chi connectivity index (χ4n) is 0.506. The number of thiol groups is 1. The monoisotopic (exact) mass is 145 g/mol. The molecule has 0 atom stereocenters. The summed E-state index contributed by atoms with van der Waals surface area (Å²) in [5, 5.41) is 0.887. The molecule has 1 rings (SSSR count). The van der Waals surface area contributed by atoms with Crippen molar-refractivity contribution in [2.75, 3.05) is 0 Å². The van der Waals surface area contributed by atoms with Crippen molar-refractivity contribution in [1.29, 1.82) is 0 Å². The lowest BCUT2D eigenvalue weighted by Gasteiger charge is -1.84. The van der Waals surface area contributed by atoms with E-state index in [2.05, 4.69) is 24.5 Å². The molecular formula is C5H7NS2. The second-order valence-corrected chi connectivity index (χ2v) is 2.82. The van der Waals surface area contributed by atoms with E-state index < -0.39 is 0 Å². The number of aryl methyl sites for hydroxylation is 1. The van der Waals surface area contributed by atoms with Crippen LogP contribution in [0.5, 0.6) is 0 Å². The standard InChI is InChI=1S/C5H7NS2/c1-2-4-5(7)6-3-8-4/h3,7H,2H2,1H3. The van der Waals surface area contributed by atoms with Crippen LogP contribution in [-0.2, 0) is 6.42 Å². The summed E-state index contributed by atoms with van der Waals surface area (Å²) >= 11 is 5.79. The molecule has 0 aliphatic heterocycles. The van der Waals surface area contributed by atoms with Crippen LogP contribution in [0.1, 0.15) is 11.8 Å². The summed E-state index contributed by atoms with van der Waals surface area (Å²) in [7, 11) is 0. The van der Waals surface area contributed by atoms with E-state index in [1.54, 1.807) is 11.3 Å². The number of nitrogens with zero attached hydrogens (tertiary/aromatic N) is 1. The molecule has 44 valence electrons. The maximum Gasteiger partial charge on any atom is 0.107 e. The molecule has 0 unspecified atom stereocenters. The van der Waals surface area contributed by atoms with Gasteiger partial charge in [0, 0.05) is 4.88 Å². The molecule has 0 radical (unpaired) electrons. The van der Waals surface area contributed by atoms with Crippen LogP contribution in [0.3, 0.4) is 0 Å². The summed E-state index contributed by atoms with van der Waals surface area (Å²) in [6.07, 6.45) is 1.05. The second-order valence-electron chi connectivity index (χ2n) is 1.45. The highest BCUT2D eigenvalue weighted by Crippen LogP contribution is 2.16. The van der Waals surface area contributed by atoms with Gasteiger partial charge in [-0.05, 0) is 6.42 Å². The van der Waals surface area contributed by atoms with Crippen molar-refractivity contribution in [3.63, 3.8) is 0 Å². The van der Waals surface area contributed by atoms with Crippen LogP contribution in [0.4, 0.5) is 0 Å². The van der Waals surface area contributed by atoms with E-state index in [-0.39, 0.29) is 0 Å². The highest BCUT2D eigenvalue weighted by atomic mass is 32.1. The van der Waals surface area contributed by atoms with Crippen LogP contribution >= 0.6 is 24.0 Å². The summed E-state index contributed by atoms with van der Waals surface area (Å²) in [6.45, 7) is 2.10. The normalized spacial score (nSPS) is 9.75. The smallest absolute Gasteiger partial charge is 0.107 e. The van der Waals surface area contributed by atoms with Crippen molar-refractivity contribution in [2.45, 2.75) is 18.4 Å². The van der Waals surface area contributed by atoms with Crippen molar-refractivity contribution in [3.8, 4) is 0 Å². The molecule has 0 saturated carbocycles. The molecule has 0 bridgehead atoms. The fourth-order valence-corrected chi connectivity index (χ4v) is 1.57. The molecule has 0 saturated heterocycles. The number of rotatable bonds is 1. The van der Waals surface area contributed by atoms with Gasteiger partial charge >= 0.3 is 0 Å². The van der Waals surface area contributed by atoms with E-state index in [1.807, 2.05) is 5.51 Å². The zero-order chi connectivity index (χ0) is 5.98. The van der Waals surface area contributed by atoms with Crippen LogP contribution < -0.4 is 0 Å². The number of hydrogen-bond acceptors (Lipinski definition) is 3. The molecule has 0 amide bonds. The zero-order valence-corrected chi connectivity index (χ0v) is 6.30. The van der Waals surface area contributed by atoms with Crippen molar-refractivity contribution in [1.82, 2.24) is 4.98 Å². The van der Waals surface area contributed by atoms with E-state index >= 15 is 0 Å². The average Bonchev–Trinajstić information content (AvgIpc) is 2.14. The fraction of sp³-hybridized carbons (Fsp3) is 0.400. The van der Waals surface area contributed by atoms with E-state index in [0.29, 0.717) is 0 Å². The minimum Gasteiger partial charge on any atom is -0.238 e. The van der Waals surface area contributed by atoms with Gasteiger partial charge in [-0.25, -0.2) is 4.98 Å². The van der Waals surface area contributed by atoms with Gasteiger partial charge in [-0.15, -0.1) is 24.0 Å². The van der Waals surface area contributed by atoms with Crippen LogP contribution in [0.15, 0.2) is 10.5 Å². The van der Waals surface area contributed by atoms with Gasteiger partial charge in [-0.2, -0.15) is 0 Å². The molecule has 0 N–H and O–H groups in total. The maximum absolute atomic E-state index is 4.13. The van der Waals surface area contributed by atoms with E-state index in [9.17, 15) is 0 Å². The van der Waals surface area contributed by atoms with E-state index in [1.165, 1.54) is 4.88 Å². The Morgan fingerprint density at radius 3 is 2.88 bits per heavy atom. The van der Waals surface area contributed by atoms with Gasteiger partial charge in [0.05, 0.1) is 5.51 Å². The third-order valence-corrected chi connectivity index (χ3v) is 2.45. The third kappa shape index (κ3) is 1.03. The minimum absolute atomic E-state index is 0.887. The Hall–Kier alpha value is -0.0200. The van der Waals surface area contributed by atoms with E-state index in [4.69, 9.17) is 0 Å². The molecule has 1 heterocycles. The molecule has 0 fully saturated rings. The largest absolute Gasteiger partial charge is 0.238 e. The van der Waals surface area contributed by atoms with Crippen molar-refractivity contribution in [3.05, 3.63) is 10.4 Å². The maximum atomic E-state index is 4.13. The predicted octanol–water partition coefficient (Wildman–Crippen LogP) is 1.99. The molecule has 8 heavy (non-hydrogen) atoms. The lowest BCUT2D eigenvalue weighted by molar-refractivity contribution is 1.07. The van der Waals surface area contributed by atoms with Gasteiger partial charge in [0.1, 0.15) is 5.03 Å². The van der Waals surface area contributed by atoms with Crippen LogP contribution in [0.25, 0.3) is 0 Å². The van der Waals surface area contributed by atoms with E-state index in [0.717, 1.165) is 11.4 Å². The quantitative estimate of drug-likeness (QED) is 0.596. The van der Waals surface area contributed by atoms with Crippen molar-refractivity contribution >= 4 is 24.0 Å². The molecule has 1 aromatic heterocycles. The summed E-state index contributed by atoms with van der Waals surface area (Å²) < 4.78 is 0. The first-order chi connectivity index (χ1) is 3.84. The average molecular weight is 145 g/mol. The highest BCUT2D eigenvalue weighted by Gasteiger charge is 1.95. The Morgan fingerprint density at radius 1 is 1.88 bits per heavy atom. The first kappa shape index (κ1) is 6.11. The minimum atomic E-state index is 0.887. The second kappa shape index (κ2) is 2.51. The Morgan fingerprint density at radius 2 is 2.62 bits per heavy atom. The molecule has 0 aliphatic carbocycles. The molecule has 0 aromatic carbocycles. The molecule has 0 aliphatic rings. The predicted molar refractivity (Wildman–Crippen MR) is 38.7 cm³/mol. The first-order valence-corrected chi connectivity index (χ1v) is 3.78. The SMILES string of the molecule is CCc1scnc1S. The van der Waals surface area contributed by atoms with Gasteiger partial charge in [0.15, 0.2) is 0 Å². The summed E-state index contributed by atoms with van der Waals surface area (Å²) in [5.74, 6) is 0. The Kier molecular flexibility index (Phi) is 1.91. The van der Waals surface area contributed by atoms with Crippen LogP contribution in [-0.4, -0.2) is 4.98 Å². The molecular weight excluding hydrogens is 138 g/mol. The Labute approximate surface area is 58.2 Å². The molecule has 1 nitrogen and oxygen atoms in total. The van der Waals surface area contributed by atoms with Gasteiger partial charge in [0.25, 0.3) is 0 Å². The molecule has 3 heteroatoms. The van der Waals surface area contributed by atoms with Gasteiger partial charge in [-0.1, -0.05) is 6.92 Å². The first-order valence-electron chi connectivity index (χ1n) is 2.46. The summed E-state index contributed by atoms with van der Waals surface area (Å²) in [6, 6.07) is 0. The topological polar surface area (TPSA) is 12.9 Å². The highest BCUT2D eigenvalue weighted by molar-refractivity contribution is 7.80. The zero-order valence-electron chi connectivity index (χ0n) is 4.59. The van der Waals surface area contributed by atoms with Gasteiger partial charge < -0.3 is 0 Å². The number of hydrogen-bond donors (Lipinski definition) is 1. The van der Waals surface area contributed by atoms with Gasteiger partial charge in [-0.3, -0.25) is 0 Å². The summed E-state index contributed by atoms with van der Waals surface area (Å²) in [5.41, 5.74) is 1.82. The van der Waals surface area contributed by atoms with Crippen molar-refractivity contribution < 1.29 is 0 Å². The molecule has 1 aromatic rings. The van der Waals surface area contributed by atoms with Crippen molar-refractivity contribution in [2.24, 2.45) is 0 Å². The number of aromatic nitrogens is 1.